The Bertz CT molecular complexity index is 635. The molecule has 0 aromatic heterocycles. The highest BCUT2D eigenvalue weighted by molar-refractivity contribution is 6.07. The lowest BCUT2D eigenvalue weighted by Crippen LogP contribution is -2.28. The van der Waals surface area contributed by atoms with E-state index in [1.807, 2.05) is 56.3 Å². The number of carbonyl (C=O) groups is 1. The van der Waals surface area contributed by atoms with Crippen molar-refractivity contribution in [1.29, 1.82) is 0 Å². The molecule has 0 radical (unpaired) electrons. The van der Waals surface area contributed by atoms with Crippen molar-refractivity contribution in [2.75, 3.05) is 11.9 Å². The van der Waals surface area contributed by atoms with Gasteiger partial charge in [-0.2, -0.15) is 0 Å². The summed E-state index contributed by atoms with van der Waals surface area (Å²) in [6.07, 6.45) is 0. The number of amides is 1. The van der Waals surface area contributed by atoms with Gasteiger partial charge in [-0.05, 0) is 37.1 Å². The molecule has 3 heteroatoms. The van der Waals surface area contributed by atoms with E-state index in [1.54, 1.807) is 11.9 Å². The molecule has 2 aromatic rings. The fraction of sp³-hybridized carbons (Fsp3) is 0.235. The van der Waals surface area contributed by atoms with Crippen molar-refractivity contribution in [2.24, 2.45) is 5.73 Å². The second-order valence-corrected chi connectivity index (χ2v) is 5.02. The molecule has 0 saturated heterocycles. The molecule has 2 N–H and O–H groups in total. The number of aryl methyl sites for hydroxylation is 2. The number of rotatable bonds is 3. The van der Waals surface area contributed by atoms with Crippen LogP contribution in [0.25, 0.3) is 0 Å². The fourth-order valence-corrected chi connectivity index (χ4v) is 2.35. The zero-order valence-corrected chi connectivity index (χ0v) is 12.2. The average Bonchev–Trinajstić information content (AvgIpc) is 2.45. The molecule has 104 valence electrons. The third kappa shape index (κ3) is 2.73. The van der Waals surface area contributed by atoms with E-state index >= 15 is 0 Å². The van der Waals surface area contributed by atoms with E-state index < -0.39 is 0 Å². The Labute approximate surface area is 120 Å². The predicted octanol–water partition coefficient (Wildman–Crippen LogP) is 3.04. The Hall–Kier alpha value is -2.13. The Balaban J connectivity index is 2.37. The van der Waals surface area contributed by atoms with Gasteiger partial charge in [-0.1, -0.05) is 35.9 Å². The average molecular weight is 268 g/mol. The highest BCUT2D eigenvalue weighted by Crippen LogP contribution is 2.22. The first-order valence-electron chi connectivity index (χ1n) is 6.68. The Morgan fingerprint density at radius 2 is 1.85 bits per heavy atom. The number of nitrogens with two attached hydrogens (primary N) is 1. The standard InChI is InChI=1S/C17H20N2O/c1-12-8-9-15(13(2)10-12)17(20)19(3)16-7-5-4-6-14(16)11-18/h4-10H,11,18H2,1-3H3. The van der Waals surface area contributed by atoms with E-state index in [0.29, 0.717) is 6.54 Å². The van der Waals surface area contributed by atoms with Crippen LogP contribution in [0.2, 0.25) is 0 Å². The number of benzene rings is 2. The number of nitrogens with zero attached hydrogens (tertiary/aromatic N) is 1. The molecule has 1 amide bonds. The first-order chi connectivity index (χ1) is 9.54. The SMILES string of the molecule is Cc1ccc(C(=O)N(C)c2ccccc2CN)c(C)c1. The molecule has 20 heavy (non-hydrogen) atoms. The van der Waals surface area contributed by atoms with Crippen LogP contribution in [0.5, 0.6) is 0 Å². The summed E-state index contributed by atoms with van der Waals surface area (Å²) in [5.41, 5.74) is 10.4. The van der Waals surface area contributed by atoms with Crippen molar-refractivity contribution in [3.63, 3.8) is 0 Å². The summed E-state index contributed by atoms with van der Waals surface area (Å²) >= 11 is 0. The van der Waals surface area contributed by atoms with Crippen LogP contribution in [0, 0.1) is 13.8 Å². The van der Waals surface area contributed by atoms with Crippen molar-refractivity contribution < 1.29 is 4.79 Å². The summed E-state index contributed by atoms with van der Waals surface area (Å²) in [6, 6.07) is 13.6. The summed E-state index contributed by atoms with van der Waals surface area (Å²) in [5, 5.41) is 0. The molecule has 0 spiro atoms. The second kappa shape index (κ2) is 5.88. The van der Waals surface area contributed by atoms with Gasteiger partial charge in [0, 0.05) is 24.8 Å². The van der Waals surface area contributed by atoms with E-state index in [4.69, 9.17) is 5.73 Å². The Kier molecular flexibility index (Phi) is 4.20. The van der Waals surface area contributed by atoms with Crippen LogP contribution in [0.4, 0.5) is 5.69 Å². The van der Waals surface area contributed by atoms with Gasteiger partial charge in [0.05, 0.1) is 0 Å². The Morgan fingerprint density at radius 3 is 2.50 bits per heavy atom. The predicted molar refractivity (Wildman–Crippen MR) is 83.0 cm³/mol. The maximum atomic E-state index is 12.6. The van der Waals surface area contributed by atoms with Gasteiger partial charge in [-0.25, -0.2) is 0 Å². The molecule has 2 aromatic carbocycles. The lowest BCUT2D eigenvalue weighted by molar-refractivity contribution is 0.0992. The molecule has 0 fully saturated rings. The molecule has 0 atom stereocenters. The highest BCUT2D eigenvalue weighted by Gasteiger charge is 2.17. The monoisotopic (exact) mass is 268 g/mol. The van der Waals surface area contributed by atoms with Crippen molar-refractivity contribution in [2.45, 2.75) is 20.4 Å². The first-order valence-corrected chi connectivity index (χ1v) is 6.68. The van der Waals surface area contributed by atoms with Crippen molar-refractivity contribution in [3.8, 4) is 0 Å². The first kappa shape index (κ1) is 14.3. The topological polar surface area (TPSA) is 46.3 Å². The lowest BCUT2D eigenvalue weighted by atomic mass is 10.0. The number of hydrogen-bond donors (Lipinski definition) is 1. The van der Waals surface area contributed by atoms with Gasteiger partial charge in [0.15, 0.2) is 0 Å². The molecular weight excluding hydrogens is 248 g/mol. The third-order valence-corrected chi connectivity index (χ3v) is 3.49. The van der Waals surface area contributed by atoms with Crippen molar-refractivity contribution in [1.82, 2.24) is 0 Å². The van der Waals surface area contributed by atoms with Crippen LogP contribution in [-0.2, 0) is 6.54 Å². The van der Waals surface area contributed by atoms with E-state index in [2.05, 4.69) is 0 Å². The van der Waals surface area contributed by atoms with Crippen LogP contribution in [-0.4, -0.2) is 13.0 Å². The molecule has 0 aliphatic heterocycles. The van der Waals surface area contributed by atoms with E-state index in [0.717, 1.165) is 27.9 Å². The number of anilines is 1. The molecule has 2 rings (SSSR count). The number of carbonyl (C=O) groups excluding carboxylic acids is 1. The minimum absolute atomic E-state index is 0.0107. The molecule has 0 aliphatic rings. The van der Waals surface area contributed by atoms with Crippen LogP contribution in [0.15, 0.2) is 42.5 Å². The van der Waals surface area contributed by atoms with Gasteiger partial charge in [-0.15, -0.1) is 0 Å². The molecule has 3 nitrogen and oxygen atoms in total. The van der Waals surface area contributed by atoms with Crippen molar-refractivity contribution >= 4 is 11.6 Å². The van der Waals surface area contributed by atoms with Gasteiger partial charge >= 0.3 is 0 Å². The largest absolute Gasteiger partial charge is 0.326 e. The van der Waals surface area contributed by atoms with E-state index in [9.17, 15) is 4.79 Å². The van der Waals surface area contributed by atoms with Gasteiger partial charge in [0.25, 0.3) is 5.91 Å². The van der Waals surface area contributed by atoms with Gasteiger partial charge in [0.1, 0.15) is 0 Å². The minimum atomic E-state index is -0.0107. The number of hydrogen-bond acceptors (Lipinski definition) is 2. The quantitative estimate of drug-likeness (QED) is 0.930. The maximum Gasteiger partial charge on any atom is 0.258 e. The number of para-hydroxylation sites is 1. The zero-order valence-electron chi connectivity index (χ0n) is 12.2. The minimum Gasteiger partial charge on any atom is -0.326 e. The van der Waals surface area contributed by atoms with E-state index in [1.165, 1.54) is 0 Å². The summed E-state index contributed by atoms with van der Waals surface area (Å²) in [7, 11) is 1.79. The zero-order chi connectivity index (χ0) is 14.7. The smallest absolute Gasteiger partial charge is 0.258 e. The summed E-state index contributed by atoms with van der Waals surface area (Å²) in [6.45, 7) is 4.40. The van der Waals surface area contributed by atoms with Gasteiger partial charge in [0.2, 0.25) is 0 Å². The van der Waals surface area contributed by atoms with Gasteiger partial charge < -0.3 is 10.6 Å². The third-order valence-electron chi connectivity index (χ3n) is 3.49. The van der Waals surface area contributed by atoms with Gasteiger partial charge in [-0.3, -0.25) is 4.79 Å². The lowest BCUT2D eigenvalue weighted by Gasteiger charge is -2.21. The molecule has 0 bridgehead atoms. The highest BCUT2D eigenvalue weighted by atomic mass is 16.2. The van der Waals surface area contributed by atoms with Crippen molar-refractivity contribution in [3.05, 3.63) is 64.7 Å². The van der Waals surface area contributed by atoms with Crippen LogP contribution in [0.3, 0.4) is 0 Å². The summed E-state index contributed by atoms with van der Waals surface area (Å²) in [4.78, 5) is 14.3. The molecule has 0 unspecified atom stereocenters. The normalized spacial score (nSPS) is 10.4. The van der Waals surface area contributed by atoms with Crippen LogP contribution in [0.1, 0.15) is 27.0 Å². The molecule has 0 saturated carbocycles. The fourth-order valence-electron chi connectivity index (χ4n) is 2.35. The molecular formula is C17H20N2O. The van der Waals surface area contributed by atoms with E-state index in [-0.39, 0.29) is 5.91 Å². The maximum absolute atomic E-state index is 12.6. The molecule has 0 aliphatic carbocycles. The Morgan fingerprint density at radius 1 is 1.15 bits per heavy atom. The van der Waals surface area contributed by atoms with Crippen LogP contribution >= 0.6 is 0 Å². The van der Waals surface area contributed by atoms with Crippen LogP contribution < -0.4 is 10.6 Å². The molecule has 0 heterocycles. The second-order valence-electron chi connectivity index (χ2n) is 5.02. The summed E-state index contributed by atoms with van der Waals surface area (Å²) < 4.78 is 0. The summed E-state index contributed by atoms with van der Waals surface area (Å²) in [5.74, 6) is -0.0107.